The van der Waals surface area contributed by atoms with E-state index in [1.165, 1.54) is 19.4 Å². The molecule has 0 bridgehead atoms. The SMILES string of the molecule is CC(NC(=O)C(O)C(C)(C)C)C(=O)Nc1cn(C(C)(C)CC(=O)O)cn1. The molecule has 0 aromatic carbocycles. The number of carbonyl (C=O) groups excluding carboxylic acids is 2. The Morgan fingerprint density at radius 2 is 1.77 bits per heavy atom. The van der Waals surface area contributed by atoms with E-state index >= 15 is 0 Å². The van der Waals surface area contributed by atoms with Gasteiger partial charge in [-0.15, -0.1) is 0 Å². The zero-order valence-corrected chi connectivity index (χ0v) is 16.0. The maximum atomic E-state index is 12.2. The molecule has 0 aliphatic heterocycles. The van der Waals surface area contributed by atoms with Crippen LogP contribution in [-0.2, 0) is 19.9 Å². The highest BCUT2D eigenvalue weighted by Gasteiger charge is 2.31. The van der Waals surface area contributed by atoms with Crippen LogP contribution >= 0.6 is 0 Å². The molecule has 2 atom stereocenters. The standard InChI is InChI=1S/C17H28N4O5/c1-10(19-15(26)13(24)16(2,3)4)14(25)20-11-8-21(9-18-11)17(5,6)7-12(22)23/h8-10,13,24H,7H2,1-6H3,(H,19,26)(H,20,25)(H,22,23). The monoisotopic (exact) mass is 368 g/mol. The van der Waals surface area contributed by atoms with Crippen LogP contribution in [0.5, 0.6) is 0 Å². The Hall–Kier alpha value is -2.42. The summed E-state index contributed by atoms with van der Waals surface area (Å²) >= 11 is 0. The molecule has 0 radical (unpaired) electrons. The number of aliphatic carboxylic acids is 1. The Bertz CT molecular complexity index is 675. The Balaban J connectivity index is 2.71. The summed E-state index contributed by atoms with van der Waals surface area (Å²) in [6, 6.07) is -0.878. The van der Waals surface area contributed by atoms with Gasteiger partial charge in [0.25, 0.3) is 0 Å². The van der Waals surface area contributed by atoms with Gasteiger partial charge in [0.15, 0.2) is 5.82 Å². The number of nitrogens with one attached hydrogen (secondary N) is 2. The van der Waals surface area contributed by atoms with Crippen molar-refractivity contribution in [3.8, 4) is 0 Å². The van der Waals surface area contributed by atoms with Crippen LogP contribution in [0.4, 0.5) is 5.82 Å². The fourth-order valence-electron chi connectivity index (χ4n) is 2.17. The third-order valence-corrected chi connectivity index (χ3v) is 3.94. The Morgan fingerprint density at radius 3 is 2.27 bits per heavy atom. The maximum absolute atomic E-state index is 12.2. The second kappa shape index (κ2) is 7.86. The van der Waals surface area contributed by atoms with Crippen LogP contribution in [0.15, 0.2) is 12.5 Å². The van der Waals surface area contributed by atoms with Crippen molar-refractivity contribution in [2.24, 2.45) is 5.41 Å². The lowest BCUT2D eigenvalue weighted by Gasteiger charge is -2.26. The number of hydrogen-bond acceptors (Lipinski definition) is 5. The number of carboxylic acids is 1. The van der Waals surface area contributed by atoms with E-state index < -0.39 is 40.9 Å². The first-order valence-corrected chi connectivity index (χ1v) is 8.29. The predicted molar refractivity (Wildman–Crippen MR) is 95.5 cm³/mol. The lowest BCUT2D eigenvalue weighted by atomic mass is 9.88. The van der Waals surface area contributed by atoms with Gasteiger partial charge in [-0.2, -0.15) is 0 Å². The highest BCUT2D eigenvalue weighted by atomic mass is 16.4. The zero-order valence-electron chi connectivity index (χ0n) is 16.0. The third kappa shape index (κ3) is 5.83. The molecular formula is C17H28N4O5. The minimum atomic E-state index is -1.24. The molecule has 0 aliphatic rings. The van der Waals surface area contributed by atoms with Crippen LogP contribution < -0.4 is 10.6 Å². The number of carboxylic acid groups (broad SMARTS) is 1. The van der Waals surface area contributed by atoms with Gasteiger partial charge in [-0.05, 0) is 26.2 Å². The molecule has 26 heavy (non-hydrogen) atoms. The van der Waals surface area contributed by atoms with E-state index in [0.29, 0.717) is 0 Å². The molecule has 4 N–H and O–H groups in total. The third-order valence-electron chi connectivity index (χ3n) is 3.94. The summed E-state index contributed by atoms with van der Waals surface area (Å²) in [6.45, 7) is 10.1. The molecular weight excluding hydrogens is 340 g/mol. The molecule has 0 saturated heterocycles. The molecule has 0 saturated carbocycles. The van der Waals surface area contributed by atoms with Gasteiger partial charge in [0.2, 0.25) is 11.8 Å². The number of aromatic nitrogens is 2. The van der Waals surface area contributed by atoms with Crippen LogP contribution in [0, 0.1) is 5.41 Å². The summed E-state index contributed by atoms with van der Waals surface area (Å²) < 4.78 is 1.60. The first-order chi connectivity index (χ1) is 11.7. The van der Waals surface area contributed by atoms with Crippen molar-refractivity contribution in [1.82, 2.24) is 14.9 Å². The number of aliphatic hydroxyl groups excluding tert-OH is 1. The van der Waals surface area contributed by atoms with E-state index in [9.17, 15) is 19.5 Å². The molecule has 0 fully saturated rings. The van der Waals surface area contributed by atoms with E-state index in [1.807, 2.05) is 0 Å². The van der Waals surface area contributed by atoms with Crippen LogP contribution in [0.25, 0.3) is 0 Å². The normalized spacial score (nSPS) is 14.4. The number of imidazole rings is 1. The smallest absolute Gasteiger partial charge is 0.305 e. The van der Waals surface area contributed by atoms with Gasteiger partial charge in [0.1, 0.15) is 12.1 Å². The van der Waals surface area contributed by atoms with Crippen LogP contribution in [0.1, 0.15) is 48.0 Å². The molecule has 0 spiro atoms. The van der Waals surface area contributed by atoms with Crippen molar-refractivity contribution in [2.45, 2.75) is 65.6 Å². The molecule has 9 heteroatoms. The van der Waals surface area contributed by atoms with Gasteiger partial charge in [-0.3, -0.25) is 14.4 Å². The number of hydrogen-bond donors (Lipinski definition) is 4. The minimum Gasteiger partial charge on any atom is -0.481 e. The van der Waals surface area contributed by atoms with Crippen LogP contribution in [0.2, 0.25) is 0 Å². The van der Waals surface area contributed by atoms with Crippen molar-refractivity contribution in [1.29, 1.82) is 0 Å². The summed E-state index contributed by atoms with van der Waals surface area (Å²) in [5, 5.41) is 23.9. The van der Waals surface area contributed by atoms with E-state index in [2.05, 4.69) is 15.6 Å². The van der Waals surface area contributed by atoms with Crippen molar-refractivity contribution >= 4 is 23.6 Å². The minimum absolute atomic E-state index is 0.103. The zero-order chi connectivity index (χ0) is 20.3. The largest absolute Gasteiger partial charge is 0.481 e. The topological polar surface area (TPSA) is 134 Å². The van der Waals surface area contributed by atoms with Crippen LogP contribution in [-0.4, -0.2) is 49.7 Å². The molecule has 2 unspecified atom stereocenters. The number of nitrogens with zero attached hydrogens (tertiary/aromatic N) is 2. The lowest BCUT2D eigenvalue weighted by molar-refractivity contribution is -0.139. The van der Waals surface area contributed by atoms with Crippen molar-refractivity contribution in [3.63, 3.8) is 0 Å². The fourth-order valence-corrected chi connectivity index (χ4v) is 2.17. The summed E-state index contributed by atoms with van der Waals surface area (Å²) in [6.07, 6.45) is 1.62. The molecule has 0 aliphatic carbocycles. The number of carbonyl (C=O) groups is 3. The molecule has 9 nitrogen and oxygen atoms in total. The summed E-state index contributed by atoms with van der Waals surface area (Å²) in [5.41, 5.74) is -1.35. The Kier molecular flexibility index (Phi) is 6.54. The first-order valence-electron chi connectivity index (χ1n) is 8.29. The van der Waals surface area contributed by atoms with E-state index in [1.54, 1.807) is 39.2 Å². The molecule has 1 rings (SSSR count). The summed E-state index contributed by atoms with van der Waals surface area (Å²) in [4.78, 5) is 39.2. The summed E-state index contributed by atoms with van der Waals surface area (Å²) in [5.74, 6) is -1.83. The average molecular weight is 368 g/mol. The highest BCUT2D eigenvalue weighted by molar-refractivity contribution is 5.96. The van der Waals surface area contributed by atoms with Gasteiger partial charge in [0.05, 0.1) is 18.3 Å². The van der Waals surface area contributed by atoms with Gasteiger partial charge in [0, 0.05) is 6.20 Å². The molecule has 1 heterocycles. The van der Waals surface area contributed by atoms with E-state index in [-0.39, 0.29) is 12.2 Å². The second-order valence-electron chi connectivity index (χ2n) is 8.04. The molecule has 2 amide bonds. The number of aliphatic hydroxyl groups is 1. The first kappa shape index (κ1) is 21.6. The van der Waals surface area contributed by atoms with Gasteiger partial charge in [-0.25, -0.2) is 4.98 Å². The average Bonchev–Trinajstić information content (AvgIpc) is 2.93. The number of amides is 2. The van der Waals surface area contributed by atoms with E-state index in [4.69, 9.17) is 5.11 Å². The van der Waals surface area contributed by atoms with Gasteiger partial charge in [-0.1, -0.05) is 20.8 Å². The summed E-state index contributed by atoms with van der Waals surface area (Å²) in [7, 11) is 0. The second-order valence-corrected chi connectivity index (χ2v) is 8.04. The highest BCUT2D eigenvalue weighted by Crippen LogP contribution is 2.21. The Labute approximate surface area is 152 Å². The van der Waals surface area contributed by atoms with E-state index in [0.717, 1.165) is 0 Å². The number of anilines is 1. The van der Waals surface area contributed by atoms with Gasteiger partial charge < -0.3 is 25.4 Å². The molecule has 146 valence electrons. The van der Waals surface area contributed by atoms with Crippen molar-refractivity contribution in [2.75, 3.05) is 5.32 Å². The van der Waals surface area contributed by atoms with Crippen molar-refractivity contribution < 1.29 is 24.6 Å². The maximum Gasteiger partial charge on any atom is 0.305 e. The van der Waals surface area contributed by atoms with Crippen LogP contribution in [0.3, 0.4) is 0 Å². The van der Waals surface area contributed by atoms with Crippen molar-refractivity contribution in [3.05, 3.63) is 12.5 Å². The lowest BCUT2D eigenvalue weighted by Crippen LogP contribution is -2.49. The fraction of sp³-hybridized carbons (Fsp3) is 0.647. The predicted octanol–water partition coefficient (Wildman–Crippen LogP) is 0.943. The Morgan fingerprint density at radius 1 is 1.19 bits per heavy atom. The molecule has 1 aromatic rings. The molecule has 1 aromatic heterocycles. The quantitative estimate of drug-likeness (QED) is 0.566. The number of rotatable bonds is 7. The van der Waals surface area contributed by atoms with Gasteiger partial charge >= 0.3 is 5.97 Å².